The van der Waals surface area contributed by atoms with Crippen LogP contribution in [0.5, 0.6) is 0 Å². The van der Waals surface area contributed by atoms with Gasteiger partial charge in [0.05, 0.1) is 5.52 Å². The molecule has 1 aromatic heterocycles. The molecule has 0 saturated carbocycles. The summed E-state index contributed by atoms with van der Waals surface area (Å²) in [6.07, 6.45) is 13.7. The fraction of sp³-hybridized carbons (Fsp3) is 0.400. The van der Waals surface area contributed by atoms with E-state index in [1.54, 1.807) is 0 Å². The second kappa shape index (κ2) is 10.2. The van der Waals surface area contributed by atoms with E-state index in [4.69, 9.17) is 0 Å². The van der Waals surface area contributed by atoms with Crippen molar-refractivity contribution in [3.05, 3.63) is 66.1 Å². The van der Waals surface area contributed by atoms with E-state index in [0.29, 0.717) is 0 Å². The first-order valence-electron chi connectivity index (χ1n) is 10.4. The number of unbranched alkanes of at least 4 members (excludes halogenated alkanes) is 7. The van der Waals surface area contributed by atoms with E-state index in [0.717, 1.165) is 28.5 Å². The van der Waals surface area contributed by atoms with Gasteiger partial charge in [0.1, 0.15) is 5.82 Å². The summed E-state index contributed by atoms with van der Waals surface area (Å²) >= 11 is 0. The molecule has 0 N–H and O–H groups in total. The predicted octanol–water partition coefficient (Wildman–Crippen LogP) is 7.72. The van der Waals surface area contributed by atoms with E-state index < -0.39 is 0 Å². The van der Waals surface area contributed by atoms with Gasteiger partial charge in [-0.15, -0.1) is 0 Å². The fourth-order valence-corrected chi connectivity index (χ4v) is 3.69. The number of rotatable bonds is 10. The molecule has 3 rings (SSSR count). The number of fused-ring (bicyclic) bond motifs is 1. The summed E-state index contributed by atoms with van der Waals surface area (Å²) in [6.45, 7) is 2.26. The van der Waals surface area contributed by atoms with Gasteiger partial charge in [0.25, 0.3) is 0 Å². The lowest BCUT2D eigenvalue weighted by molar-refractivity contribution is 0.575. The van der Waals surface area contributed by atoms with Crippen LogP contribution in [-0.4, -0.2) is 4.98 Å². The third kappa shape index (κ3) is 5.63. The van der Waals surface area contributed by atoms with Crippen molar-refractivity contribution in [2.75, 3.05) is 0 Å². The summed E-state index contributed by atoms with van der Waals surface area (Å²) in [4.78, 5) is 4.50. The second-order valence-corrected chi connectivity index (χ2v) is 7.44. The molecular weight excluding hydrogens is 333 g/mol. The highest BCUT2D eigenvalue weighted by Gasteiger charge is 2.06. The Kier molecular flexibility index (Phi) is 7.38. The van der Waals surface area contributed by atoms with Gasteiger partial charge in [0, 0.05) is 11.6 Å². The normalized spacial score (nSPS) is 11.2. The molecule has 1 nitrogen and oxygen atoms in total. The molecule has 2 heteroatoms. The predicted molar refractivity (Wildman–Crippen MR) is 113 cm³/mol. The maximum absolute atomic E-state index is 13.3. The van der Waals surface area contributed by atoms with E-state index in [1.165, 1.54) is 69.1 Å². The van der Waals surface area contributed by atoms with Crippen molar-refractivity contribution in [1.82, 2.24) is 4.98 Å². The average Bonchev–Trinajstić information content (AvgIpc) is 2.70. The van der Waals surface area contributed by atoms with Crippen LogP contribution in [0, 0.1) is 5.82 Å². The van der Waals surface area contributed by atoms with Crippen LogP contribution < -0.4 is 0 Å². The van der Waals surface area contributed by atoms with Crippen molar-refractivity contribution in [1.29, 1.82) is 0 Å². The summed E-state index contributed by atoms with van der Waals surface area (Å²) in [7, 11) is 0. The Labute approximate surface area is 162 Å². The number of hydrogen-bond acceptors (Lipinski definition) is 1. The van der Waals surface area contributed by atoms with Gasteiger partial charge in [-0.3, -0.25) is 4.98 Å². The van der Waals surface area contributed by atoms with Crippen molar-refractivity contribution in [3.63, 3.8) is 0 Å². The summed E-state index contributed by atoms with van der Waals surface area (Å²) in [6, 6.07) is 15.3. The average molecular weight is 364 g/mol. The van der Waals surface area contributed by atoms with Gasteiger partial charge >= 0.3 is 0 Å². The molecule has 0 atom stereocenters. The molecule has 0 amide bonds. The van der Waals surface area contributed by atoms with E-state index in [9.17, 15) is 4.39 Å². The SMILES string of the molecule is CCCCCCCCCCc1ccc2nccc(-c3ccc(F)cc3)c2c1. The molecule has 27 heavy (non-hydrogen) atoms. The Hall–Kier alpha value is -2.22. The Morgan fingerprint density at radius 1 is 0.778 bits per heavy atom. The highest BCUT2D eigenvalue weighted by molar-refractivity contribution is 5.94. The lowest BCUT2D eigenvalue weighted by Crippen LogP contribution is -1.90. The second-order valence-electron chi connectivity index (χ2n) is 7.44. The highest BCUT2D eigenvalue weighted by Crippen LogP contribution is 2.28. The Balaban J connectivity index is 1.62. The minimum Gasteiger partial charge on any atom is -0.256 e. The molecule has 0 unspecified atom stereocenters. The van der Waals surface area contributed by atoms with Gasteiger partial charge in [0.15, 0.2) is 0 Å². The molecule has 1 heterocycles. The van der Waals surface area contributed by atoms with Crippen LogP contribution in [0.4, 0.5) is 4.39 Å². The van der Waals surface area contributed by atoms with Gasteiger partial charge < -0.3 is 0 Å². The summed E-state index contributed by atoms with van der Waals surface area (Å²) in [5.41, 5.74) is 4.52. The zero-order valence-corrected chi connectivity index (χ0v) is 16.4. The van der Waals surface area contributed by atoms with E-state index >= 15 is 0 Å². The minimum atomic E-state index is -0.201. The number of aryl methyl sites for hydroxylation is 1. The molecule has 0 saturated heterocycles. The smallest absolute Gasteiger partial charge is 0.123 e. The van der Waals surface area contributed by atoms with Gasteiger partial charge in [0.2, 0.25) is 0 Å². The number of benzene rings is 2. The molecule has 0 radical (unpaired) electrons. The molecule has 0 aliphatic rings. The highest BCUT2D eigenvalue weighted by atomic mass is 19.1. The molecule has 0 aliphatic carbocycles. The first-order chi connectivity index (χ1) is 13.3. The van der Waals surface area contributed by atoms with E-state index in [-0.39, 0.29) is 5.82 Å². The van der Waals surface area contributed by atoms with Gasteiger partial charge in [-0.2, -0.15) is 0 Å². The number of pyridine rings is 1. The molecule has 3 aromatic rings. The van der Waals surface area contributed by atoms with Crippen LogP contribution in [0.15, 0.2) is 54.7 Å². The van der Waals surface area contributed by atoms with Crippen LogP contribution in [0.3, 0.4) is 0 Å². The Morgan fingerprint density at radius 2 is 1.48 bits per heavy atom. The van der Waals surface area contributed by atoms with Crippen LogP contribution >= 0.6 is 0 Å². The third-order valence-corrected chi connectivity index (χ3v) is 5.28. The number of nitrogens with zero attached hydrogens (tertiary/aromatic N) is 1. The molecule has 142 valence electrons. The quantitative estimate of drug-likeness (QED) is 0.336. The maximum atomic E-state index is 13.3. The number of halogens is 1. The van der Waals surface area contributed by atoms with Crippen molar-refractivity contribution >= 4 is 10.9 Å². The lowest BCUT2D eigenvalue weighted by atomic mass is 9.98. The van der Waals surface area contributed by atoms with E-state index in [1.807, 2.05) is 24.4 Å². The first kappa shape index (κ1) is 19.5. The molecule has 2 aromatic carbocycles. The maximum Gasteiger partial charge on any atom is 0.123 e. The van der Waals surface area contributed by atoms with Crippen LogP contribution in [0.25, 0.3) is 22.0 Å². The topological polar surface area (TPSA) is 12.9 Å². The molecule has 0 spiro atoms. The largest absolute Gasteiger partial charge is 0.256 e. The molecular formula is C25H30FN. The number of aromatic nitrogens is 1. The van der Waals surface area contributed by atoms with Crippen molar-refractivity contribution in [3.8, 4) is 11.1 Å². The monoisotopic (exact) mass is 363 g/mol. The van der Waals surface area contributed by atoms with Crippen molar-refractivity contribution in [2.45, 2.75) is 64.7 Å². The summed E-state index contributed by atoms with van der Waals surface area (Å²) in [5.74, 6) is -0.201. The Morgan fingerprint density at radius 3 is 2.22 bits per heavy atom. The van der Waals surface area contributed by atoms with Crippen LogP contribution in [0.2, 0.25) is 0 Å². The first-order valence-corrected chi connectivity index (χ1v) is 10.4. The van der Waals surface area contributed by atoms with E-state index in [2.05, 4.69) is 30.1 Å². The van der Waals surface area contributed by atoms with Crippen LogP contribution in [0.1, 0.15) is 63.9 Å². The summed E-state index contributed by atoms with van der Waals surface area (Å²) < 4.78 is 13.3. The summed E-state index contributed by atoms with van der Waals surface area (Å²) in [5, 5.41) is 1.15. The van der Waals surface area contributed by atoms with Crippen molar-refractivity contribution in [2.24, 2.45) is 0 Å². The van der Waals surface area contributed by atoms with Gasteiger partial charge in [-0.05, 0) is 59.9 Å². The van der Waals surface area contributed by atoms with Gasteiger partial charge in [-0.1, -0.05) is 70.1 Å². The minimum absolute atomic E-state index is 0.201. The molecule has 0 fully saturated rings. The molecule has 0 bridgehead atoms. The fourth-order valence-electron chi connectivity index (χ4n) is 3.69. The van der Waals surface area contributed by atoms with Crippen molar-refractivity contribution < 1.29 is 4.39 Å². The standard InChI is InChI=1S/C25H30FN/c1-2-3-4-5-6-7-8-9-10-20-11-16-25-24(19-20)23(17-18-27-25)21-12-14-22(26)15-13-21/h11-19H,2-10H2,1H3. The number of hydrogen-bond donors (Lipinski definition) is 0. The van der Waals surface area contributed by atoms with Gasteiger partial charge in [-0.25, -0.2) is 4.39 Å². The Bertz CT molecular complexity index is 839. The zero-order valence-electron chi connectivity index (χ0n) is 16.4. The van der Waals surface area contributed by atoms with Crippen LogP contribution in [-0.2, 0) is 6.42 Å². The zero-order chi connectivity index (χ0) is 18.9. The third-order valence-electron chi connectivity index (χ3n) is 5.28. The lowest BCUT2D eigenvalue weighted by Gasteiger charge is -2.09. The molecule has 0 aliphatic heterocycles.